The summed E-state index contributed by atoms with van der Waals surface area (Å²) in [5, 5.41) is 12.4. The first-order valence-electron chi connectivity index (χ1n) is 11.4. The lowest BCUT2D eigenvalue weighted by atomic mass is 9.95. The predicted molar refractivity (Wildman–Crippen MR) is 124 cm³/mol. The first-order valence-corrected chi connectivity index (χ1v) is 11.4. The van der Waals surface area contributed by atoms with Crippen LogP contribution in [0.25, 0.3) is 11.1 Å². The van der Waals surface area contributed by atoms with E-state index >= 15 is 0 Å². The third-order valence-corrected chi connectivity index (χ3v) is 7.03. The van der Waals surface area contributed by atoms with Gasteiger partial charge in [-0.05, 0) is 42.0 Å². The summed E-state index contributed by atoms with van der Waals surface area (Å²) in [5.41, 5.74) is 3.44. The Morgan fingerprint density at radius 2 is 1.61 bits per heavy atom. The van der Waals surface area contributed by atoms with Gasteiger partial charge in [-0.2, -0.15) is 0 Å². The molecule has 2 aliphatic carbocycles. The van der Waals surface area contributed by atoms with Crippen LogP contribution < -0.4 is 5.32 Å². The average Bonchev–Trinajstić information content (AvgIpc) is 3.41. The highest BCUT2D eigenvalue weighted by Crippen LogP contribution is 2.44. The summed E-state index contributed by atoms with van der Waals surface area (Å²) in [6, 6.07) is 15.7. The van der Waals surface area contributed by atoms with Crippen molar-refractivity contribution in [3.05, 3.63) is 59.7 Å². The van der Waals surface area contributed by atoms with Crippen LogP contribution >= 0.6 is 0 Å². The van der Waals surface area contributed by atoms with Crippen LogP contribution in [0.15, 0.2) is 48.5 Å². The van der Waals surface area contributed by atoms with Gasteiger partial charge in [0.25, 0.3) is 0 Å². The summed E-state index contributed by atoms with van der Waals surface area (Å²) in [6.45, 7) is 1.91. The average molecular weight is 451 g/mol. The van der Waals surface area contributed by atoms with Crippen LogP contribution in [0.4, 0.5) is 4.79 Å². The van der Waals surface area contributed by atoms with Gasteiger partial charge in [0.05, 0.1) is 0 Å². The molecule has 33 heavy (non-hydrogen) atoms. The Morgan fingerprint density at radius 1 is 1.06 bits per heavy atom. The van der Waals surface area contributed by atoms with Crippen LogP contribution in [0.1, 0.15) is 56.1 Å². The Labute approximate surface area is 193 Å². The largest absolute Gasteiger partial charge is 0.479 e. The number of aliphatic carboxylic acids is 1. The monoisotopic (exact) mass is 450 g/mol. The van der Waals surface area contributed by atoms with Crippen molar-refractivity contribution < 1.29 is 24.2 Å². The molecule has 2 aliphatic rings. The number of carboxylic acids is 1. The first-order chi connectivity index (χ1) is 15.8. The molecule has 0 spiro atoms. The van der Waals surface area contributed by atoms with Gasteiger partial charge in [-0.25, -0.2) is 9.59 Å². The van der Waals surface area contributed by atoms with Gasteiger partial charge in [-0.1, -0.05) is 61.4 Å². The Morgan fingerprint density at radius 3 is 2.15 bits per heavy atom. The standard InChI is InChI=1S/C26H30N2O5/c1-17(15-23(29)28(2)26(24(30)31)13-7-8-14-26)27-25(32)33-16-22-20-11-5-3-9-18(20)19-10-4-6-12-21(19)22/h3-6,9-12,17,22H,7-8,13-16H2,1-2H3,(H,27,32)(H,30,31). The summed E-state index contributed by atoms with van der Waals surface area (Å²) in [7, 11) is 1.54. The fourth-order valence-corrected chi connectivity index (χ4v) is 5.18. The second-order valence-corrected chi connectivity index (χ2v) is 9.07. The minimum absolute atomic E-state index is 0.00965. The summed E-state index contributed by atoms with van der Waals surface area (Å²) in [6.07, 6.45) is 1.91. The zero-order chi connectivity index (χ0) is 23.6. The number of rotatable bonds is 7. The van der Waals surface area contributed by atoms with Crippen molar-refractivity contribution in [1.29, 1.82) is 0 Å². The van der Waals surface area contributed by atoms with Gasteiger partial charge < -0.3 is 20.1 Å². The molecule has 1 saturated carbocycles. The van der Waals surface area contributed by atoms with Crippen LogP contribution in [0, 0.1) is 0 Å². The normalized spacial score (nSPS) is 17.0. The number of nitrogens with zero attached hydrogens (tertiary/aromatic N) is 1. The maximum atomic E-state index is 12.7. The SMILES string of the molecule is CC(CC(=O)N(C)C1(C(=O)O)CCCC1)NC(=O)OCC1c2ccccc2-c2ccccc21. The number of hydrogen-bond donors (Lipinski definition) is 2. The number of benzene rings is 2. The molecule has 4 rings (SSSR count). The van der Waals surface area contributed by atoms with Crippen LogP contribution in [0.5, 0.6) is 0 Å². The summed E-state index contributed by atoms with van der Waals surface area (Å²) < 4.78 is 5.54. The van der Waals surface area contributed by atoms with E-state index in [0.717, 1.165) is 35.1 Å². The summed E-state index contributed by atoms with van der Waals surface area (Å²) >= 11 is 0. The van der Waals surface area contributed by atoms with Crippen LogP contribution in [-0.2, 0) is 14.3 Å². The molecule has 7 heteroatoms. The Balaban J connectivity index is 1.33. The molecule has 174 valence electrons. The molecular formula is C26H30N2O5. The van der Waals surface area contributed by atoms with E-state index in [4.69, 9.17) is 4.74 Å². The highest BCUT2D eigenvalue weighted by atomic mass is 16.5. The molecule has 1 atom stereocenters. The molecule has 7 nitrogen and oxygen atoms in total. The van der Waals surface area contributed by atoms with Crippen molar-refractivity contribution in [2.45, 2.75) is 56.5 Å². The van der Waals surface area contributed by atoms with Gasteiger partial charge in [-0.15, -0.1) is 0 Å². The van der Waals surface area contributed by atoms with E-state index in [0.29, 0.717) is 12.8 Å². The predicted octanol–water partition coefficient (Wildman–Crippen LogP) is 4.16. The molecule has 0 bridgehead atoms. The van der Waals surface area contributed by atoms with Gasteiger partial charge in [0.1, 0.15) is 12.1 Å². The van der Waals surface area contributed by atoms with Crippen molar-refractivity contribution in [3.8, 4) is 11.1 Å². The van der Waals surface area contributed by atoms with Gasteiger partial charge in [0, 0.05) is 25.4 Å². The number of fused-ring (bicyclic) bond motifs is 3. The molecule has 0 radical (unpaired) electrons. The molecule has 2 amide bonds. The summed E-state index contributed by atoms with van der Waals surface area (Å²) in [4.78, 5) is 38.4. The molecule has 0 saturated heterocycles. The number of hydrogen-bond acceptors (Lipinski definition) is 4. The van der Waals surface area contributed by atoms with Gasteiger partial charge >= 0.3 is 12.1 Å². The molecule has 0 aromatic heterocycles. The number of amides is 2. The Bertz CT molecular complexity index is 1010. The van der Waals surface area contributed by atoms with Crippen molar-refractivity contribution in [3.63, 3.8) is 0 Å². The van der Waals surface area contributed by atoms with Gasteiger partial charge in [0.15, 0.2) is 0 Å². The fraction of sp³-hybridized carbons (Fsp3) is 0.423. The molecule has 2 N–H and O–H groups in total. The van der Waals surface area contributed by atoms with Crippen LogP contribution in [0.3, 0.4) is 0 Å². The minimum atomic E-state index is -1.14. The van der Waals surface area contributed by atoms with Crippen molar-refractivity contribution in [1.82, 2.24) is 10.2 Å². The molecule has 0 heterocycles. The number of alkyl carbamates (subject to hydrolysis) is 1. The van der Waals surface area contributed by atoms with Gasteiger partial charge in [0.2, 0.25) is 5.91 Å². The molecular weight excluding hydrogens is 420 g/mol. The lowest BCUT2D eigenvalue weighted by Gasteiger charge is -2.35. The third-order valence-electron chi connectivity index (χ3n) is 7.03. The highest BCUT2D eigenvalue weighted by Gasteiger charge is 2.47. The number of carboxylic acid groups (broad SMARTS) is 1. The van der Waals surface area contributed by atoms with E-state index < -0.39 is 23.6 Å². The number of carbonyl (C=O) groups excluding carboxylic acids is 2. The zero-order valence-corrected chi connectivity index (χ0v) is 19.0. The minimum Gasteiger partial charge on any atom is -0.479 e. The van der Waals surface area contributed by atoms with Gasteiger partial charge in [-0.3, -0.25) is 4.79 Å². The van der Waals surface area contributed by atoms with Crippen LogP contribution in [0.2, 0.25) is 0 Å². The number of ether oxygens (including phenoxy) is 1. The second-order valence-electron chi connectivity index (χ2n) is 9.07. The molecule has 1 fully saturated rings. The quantitative estimate of drug-likeness (QED) is 0.660. The van der Waals surface area contributed by atoms with E-state index in [1.54, 1.807) is 14.0 Å². The first kappa shape index (κ1) is 22.8. The molecule has 2 aromatic carbocycles. The highest BCUT2D eigenvalue weighted by molar-refractivity contribution is 5.87. The lowest BCUT2D eigenvalue weighted by Crippen LogP contribution is -2.54. The van der Waals surface area contributed by atoms with E-state index in [1.165, 1.54) is 4.90 Å². The van der Waals surface area contributed by atoms with E-state index in [-0.39, 0.29) is 24.9 Å². The molecule has 2 aromatic rings. The number of nitrogens with one attached hydrogen (secondary N) is 1. The zero-order valence-electron chi connectivity index (χ0n) is 19.0. The fourth-order valence-electron chi connectivity index (χ4n) is 5.18. The van der Waals surface area contributed by atoms with Crippen molar-refractivity contribution in [2.75, 3.05) is 13.7 Å². The Hall–Kier alpha value is -3.35. The third kappa shape index (κ3) is 4.32. The maximum Gasteiger partial charge on any atom is 0.407 e. The topological polar surface area (TPSA) is 95.9 Å². The number of likely N-dealkylation sites (N-methyl/N-ethyl adjacent to an activating group) is 1. The number of carbonyl (C=O) groups is 3. The van der Waals surface area contributed by atoms with Crippen molar-refractivity contribution in [2.24, 2.45) is 0 Å². The smallest absolute Gasteiger partial charge is 0.407 e. The van der Waals surface area contributed by atoms with Crippen molar-refractivity contribution >= 4 is 18.0 Å². The second kappa shape index (κ2) is 9.25. The van der Waals surface area contributed by atoms with Crippen LogP contribution in [-0.4, -0.2) is 53.2 Å². The van der Waals surface area contributed by atoms with E-state index in [9.17, 15) is 19.5 Å². The molecule has 0 aliphatic heterocycles. The lowest BCUT2D eigenvalue weighted by molar-refractivity contribution is -0.157. The maximum absolute atomic E-state index is 12.7. The van der Waals surface area contributed by atoms with E-state index in [2.05, 4.69) is 29.6 Å². The molecule has 1 unspecified atom stereocenters. The summed E-state index contributed by atoms with van der Waals surface area (Å²) in [5.74, 6) is -1.30. The van der Waals surface area contributed by atoms with E-state index in [1.807, 2.05) is 24.3 Å². The Kier molecular flexibility index (Phi) is 6.40.